The van der Waals surface area contributed by atoms with E-state index in [4.69, 9.17) is 15.0 Å². The van der Waals surface area contributed by atoms with Gasteiger partial charge in [-0.15, -0.1) is 11.3 Å². The lowest BCUT2D eigenvalue weighted by atomic mass is 10.0. The van der Waals surface area contributed by atoms with E-state index in [9.17, 15) is 0 Å². The summed E-state index contributed by atoms with van der Waals surface area (Å²) in [6, 6.07) is 64.4. The van der Waals surface area contributed by atoms with Crippen LogP contribution in [0.4, 0.5) is 0 Å². The molecule has 0 atom stereocenters. The molecule has 11 rings (SSSR count). The summed E-state index contributed by atoms with van der Waals surface area (Å²) in [5.74, 6) is 2.00. The number of benzene rings is 8. The highest BCUT2D eigenvalue weighted by molar-refractivity contribution is 7.26. The Kier molecular flexibility index (Phi) is 7.00. The van der Waals surface area contributed by atoms with Gasteiger partial charge in [-0.05, 0) is 64.4 Å². The first kappa shape index (κ1) is 30.7. The van der Waals surface area contributed by atoms with E-state index in [1.54, 1.807) is 11.3 Å². The van der Waals surface area contributed by atoms with Crippen molar-refractivity contribution in [1.29, 1.82) is 0 Å². The van der Waals surface area contributed by atoms with Crippen molar-refractivity contribution in [2.75, 3.05) is 0 Å². The molecule has 8 aromatic carbocycles. The number of hydrogen-bond donors (Lipinski definition) is 0. The van der Waals surface area contributed by atoms with E-state index in [1.165, 1.54) is 53.1 Å². The van der Waals surface area contributed by atoms with Crippen molar-refractivity contribution in [2.24, 2.45) is 0 Å². The molecule has 0 unspecified atom stereocenters. The normalized spacial score (nSPS) is 11.7. The molecule has 0 aliphatic carbocycles. The van der Waals surface area contributed by atoms with Crippen molar-refractivity contribution >= 4 is 64.1 Å². The quantitative estimate of drug-likeness (QED) is 0.179. The standard InChI is InChI=1S/C49H30N4S/c1-3-14-32(15-4-1)47-50-48(40-22-11-16-31-13-7-8-19-36(31)40)52-49(51-47)41-23-12-21-39-38-27-25-34(30-45(38)54-46(39)41)33-26-28-44-42(29-33)37-20-9-10-24-43(37)53(44)35-17-5-2-6-18-35/h1-30H. The van der Waals surface area contributed by atoms with E-state index in [-0.39, 0.29) is 0 Å². The van der Waals surface area contributed by atoms with Crippen LogP contribution in [0.25, 0.3) is 104 Å². The second-order valence-electron chi connectivity index (χ2n) is 13.6. The molecule has 0 aliphatic heterocycles. The van der Waals surface area contributed by atoms with Gasteiger partial charge in [-0.1, -0.05) is 140 Å². The van der Waals surface area contributed by atoms with Crippen LogP contribution in [0.3, 0.4) is 0 Å². The molecule has 4 nitrogen and oxygen atoms in total. The van der Waals surface area contributed by atoms with E-state index < -0.39 is 0 Å². The minimum atomic E-state index is 0.660. The van der Waals surface area contributed by atoms with Gasteiger partial charge in [-0.25, -0.2) is 15.0 Å². The molecule has 54 heavy (non-hydrogen) atoms. The van der Waals surface area contributed by atoms with Crippen molar-refractivity contribution in [3.05, 3.63) is 182 Å². The van der Waals surface area contributed by atoms with E-state index in [2.05, 4.69) is 168 Å². The molecule has 0 fully saturated rings. The summed E-state index contributed by atoms with van der Waals surface area (Å²) in [4.78, 5) is 15.4. The molecule has 3 heterocycles. The Morgan fingerprint density at radius 1 is 0.370 bits per heavy atom. The van der Waals surface area contributed by atoms with Gasteiger partial charge in [-0.2, -0.15) is 0 Å². The number of fused-ring (bicyclic) bond motifs is 7. The van der Waals surface area contributed by atoms with Gasteiger partial charge >= 0.3 is 0 Å². The van der Waals surface area contributed by atoms with Crippen LogP contribution in [0, 0.1) is 0 Å². The van der Waals surface area contributed by atoms with Crippen LogP contribution >= 0.6 is 11.3 Å². The lowest BCUT2D eigenvalue weighted by molar-refractivity contribution is 1.08. The molecule has 0 bridgehead atoms. The predicted octanol–water partition coefficient (Wildman–Crippen LogP) is 13.2. The fourth-order valence-corrected chi connectivity index (χ4v) is 9.17. The van der Waals surface area contributed by atoms with Gasteiger partial charge in [0.25, 0.3) is 0 Å². The molecule has 5 heteroatoms. The number of rotatable bonds is 5. The topological polar surface area (TPSA) is 43.6 Å². The summed E-state index contributed by atoms with van der Waals surface area (Å²) in [6.45, 7) is 0. The molecule has 252 valence electrons. The van der Waals surface area contributed by atoms with Crippen LogP contribution in [-0.4, -0.2) is 19.5 Å². The highest BCUT2D eigenvalue weighted by atomic mass is 32.1. The van der Waals surface area contributed by atoms with Gasteiger partial charge < -0.3 is 4.57 Å². The number of para-hydroxylation sites is 2. The highest BCUT2D eigenvalue weighted by Crippen LogP contribution is 2.42. The maximum atomic E-state index is 5.20. The second-order valence-corrected chi connectivity index (χ2v) is 14.7. The third kappa shape index (κ3) is 4.94. The van der Waals surface area contributed by atoms with Gasteiger partial charge in [0, 0.05) is 53.3 Å². The Bertz CT molecular complexity index is 3210. The fourth-order valence-electron chi connectivity index (χ4n) is 7.92. The van der Waals surface area contributed by atoms with Crippen molar-refractivity contribution < 1.29 is 0 Å². The third-order valence-electron chi connectivity index (χ3n) is 10.5. The first-order valence-electron chi connectivity index (χ1n) is 18.1. The molecule has 0 saturated carbocycles. The molecule has 11 aromatic rings. The minimum absolute atomic E-state index is 0.660. The molecule has 0 saturated heterocycles. The fraction of sp³-hybridized carbons (Fsp3) is 0. The summed E-state index contributed by atoms with van der Waals surface area (Å²) in [6.07, 6.45) is 0. The van der Waals surface area contributed by atoms with Crippen LogP contribution in [0.2, 0.25) is 0 Å². The molecule has 0 radical (unpaired) electrons. The first-order valence-corrected chi connectivity index (χ1v) is 18.9. The van der Waals surface area contributed by atoms with E-state index in [0.29, 0.717) is 17.5 Å². The Labute approximate surface area is 315 Å². The zero-order valence-electron chi connectivity index (χ0n) is 29.0. The van der Waals surface area contributed by atoms with Crippen LogP contribution in [0.1, 0.15) is 0 Å². The van der Waals surface area contributed by atoms with Gasteiger partial charge in [0.2, 0.25) is 0 Å². The maximum absolute atomic E-state index is 5.20. The average molecular weight is 707 g/mol. The molecule has 0 aliphatic rings. The van der Waals surface area contributed by atoms with Gasteiger partial charge in [0.15, 0.2) is 17.5 Å². The summed E-state index contributed by atoms with van der Waals surface area (Å²) in [7, 11) is 0. The molecule has 3 aromatic heterocycles. The Morgan fingerprint density at radius 2 is 0.981 bits per heavy atom. The number of hydrogen-bond acceptors (Lipinski definition) is 4. The van der Waals surface area contributed by atoms with Crippen LogP contribution in [-0.2, 0) is 0 Å². The third-order valence-corrected chi connectivity index (χ3v) is 11.7. The Balaban J connectivity index is 1.07. The second kappa shape index (κ2) is 12.3. The summed E-state index contributed by atoms with van der Waals surface area (Å²) in [5, 5.41) is 7.20. The van der Waals surface area contributed by atoms with Crippen LogP contribution in [0.15, 0.2) is 182 Å². The average Bonchev–Trinajstić information content (AvgIpc) is 3.79. The zero-order valence-corrected chi connectivity index (χ0v) is 29.8. The van der Waals surface area contributed by atoms with Crippen LogP contribution in [0.5, 0.6) is 0 Å². The molecule has 0 amide bonds. The van der Waals surface area contributed by atoms with Crippen LogP contribution < -0.4 is 0 Å². The summed E-state index contributed by atoms with van der Waals surface area (Å²) in [5.41, 5.74) is 8.92. The predicted molar refractivity (Wildman–Crippen MR) is 226 cm³/mol. The number of nitrogens with zero attached hydrogens (tertiary/aromatic N) is 4. The van der Waals surface area contributed by atoms with Crippen molar-refractivity contribution in [3.63, 3.8) is 0 Å². The summed E-state index contributed by atoms with van der Waals surface area (Å²) >= 11 is 1.80. The smallest absolute Gasteiger partial charge is 0.165 e. The minimum Gasteiger partial charge on any atom is -0.309 e. The number of aromatic nitrogens is 4. The van der Waals surface area contributed by atoms with E-state index >= 15 is 0 Å². The first-order chi connectivity index (χ1) is 26.8. The molecular formula is C49H30N4S. The van der Waals surface area contributed by atoms with Gasteiger partial charge in [-0.3, -0.25) is 0 Å². The van der Waals surface area contributed by atoms with Gasteiger partial charge in [0.1, 0.15) is 0 Å². The van der Waals surface area contributed by atoms with Gasteiger partial charge in [0.05, 0.1) is 11.0 Å². The van der Waals surface area contributed by atoms with Crippen molar-refractivity contribution in [3.8, 4) is 51.0 Å². The largest absolute Gasteiger partial charge is 0.309 e. The molecular weight excluding hydrogens is 677 g/mol. The zero-order chi connectivity index (χ0) is 35.6. The lowest BCUT2D eigenvalue weighted by Gasteiger charge is -2.10. The SMILES string of the molecule is c1ccc(-c2nc(-c3cccc4ccccc34)nc(-c3cccc4c3sc3cc(-c5ccc6c(c5)c5ccccc5n6-c5ccccc5)ccc34)n2)cc1. The Morgan fingerprint density at radius 3 is 1.85 bits per heavy atom. The van der Waals surface area contributed by atoms with E-state index in [0.717, 1.165) is 33.2 Å². The highest BCUT2D eigenvalue weighted by Gasteiger charge is 2.19. The van der Waals surface area contributed by atoms with E-state index in [1.807, 2.05) is 18.2 Å². The molecule has 0 N–H and O–H groups in total. The molecule has 0 spiro atoms. The van der Waals surface area contributed by atoms with Crippen molar-refractivity contribution in [2.45, 2.75) is 0 Å². The summed E-state index contributed by atoms with van der Waals surface area (Å²) < 4.78 is 4.76. The lowest BCUT2D eigenvalue weighted by Crippen LogP contribution is -2.00. The maximum Gasteiger partial charge on any atom is 0.165 e. The number of thiophene rings is 1. The van der Waals surface area contributed by atoms with Crippen molar-refractivity contribution in [1.82, 2.24) is 19.5 Å². The Hall–Kier alpha value is -6.95. The monoisotopic (exact) mass is 706 g/mol.